The van der Waals surface area contributed by atoms with Crippen molar-refractivity contribution in [3.63, 3.8) is 0 Å². The molecule has 286 valence electrons. The molecule has 0 aromatic heterocycles. The Hall–Kier alpha value is -4.90. The number of carboxylic acid groups (broad SMARTS) is 6. The van der Waals surface area contributed by atoms with Crippen LogP contribution >= 0.6 is 0 Å². The highest BCUT2D eigenvalue weighted by atomic mass is 16.4. The maximum atomic E-state index is 10.4. The average Bonchev–Trinajstić information content (AvgIpc) is 3.11. The Morgan fingerprint density at radius 2 is 0.824 bits per heavy atom. The molecular weight excluding hydrogens is 676 g/mol. The monoisotopic (exact) mass is 726 g/mol. The molecule has 51 heavy (non-hydrogen) atoms. The summed E-state index contributed by atoms with van der Waals surface area (Å²) < 4.78 is 0. The van der Waals surface area contributed by atoms with E-state index in [0.29, 0.717) is 37.9 Å². The highest BCUT2D eigenvalue weighted by Crippen LogP contribution is 2.27. The van der Waals surface area contributed by atoms with Gasteiger partial charge in [-0.25, -0.2) is 19.2 Å². The topological polar surface area (TPSA) is 305 Å². The van der Waals surface area contributed by atoms with Gasteiger partial charge in [0.1, 0.15) is 0 Å². The summed E-state index contributed by atoms with van der Waals surface area (Å²) in [4.78, 5) is 61.2. The van der Waals surface area contributed by atoms with Crippen molar-refractivity contribution in [1.29, 1.82) is 0 Å². The molecule has 0 spiro atoms. The lowest BCUT2D eigenvalue weighted by atomic mass is 9.83. The summed E-state index contributed by atoms with van der Waals surface area (Å²) in [5, 5.41) is 84.6. The summed E-state index contributed by atoms with van der Waals surface area (Å²) >= 11 is 0. The summed E-state index contributed by atoms with van der Waals surface area (Å²) in [7, 11) is 0. The molecular formula is C35H50O16. The van der Waals surface area contributed by atoms with Crippen molar-refractivity contribution < 1.29 is 79.8 Å². The molecule has 1 aliphatic rings. The molecule has 0 unspecified atom stereocenters. The Labute approximate surface area is 295 Å². The third kappa shape index (κ3) is 24.8. The fourth-order valence-electron chi connectivity index (χ4n) is 3.74. The first kappa shape index (κ1) is 48.2. The second-order valence-electron chi connectivity index (χ2n) is 12.1. The quantitative estimate of drug-likeness (QED) is 0.132. The normalized spacial score (nSPS) is 14.5. The predicted octanol–water partition coefficient (Wildman–Crippen LogP) is 3.66. The molecule has 0 amide bonds. The van der Waals surface area contributed by atoms with Crippen LogP contribution in [0.2, 0.25) is 0 Å². The van der Waals surface area contributed by atoms with Crippen LogP contribution in [0.1, 0.15) is 107 Å². The molecule has 3 rings (SSSR count). The van der Waals surface area contributed by atoms with Crippen LogP contribution in [0.25, 0.3) is 0 Å². The zero-order chi connectivity index (χ0) is 39.6. The van der Waals surface area contributed by atoms with E-state index in [4.69, 9.17) is 51.1 Å². The van der Waals surface area contributed by atoms with Crippen LogP contribution in [-0.2, 0) is 9.59 Å². The number of aliphatic hydroxyl groups excluding tert-OH is 4. The fraction of sp³-hybridized carbons (Fsp3) is 0.486. The van der Waals surface area contributed by atoms with Gasteiger partial charge in [-0.2, -0.15) is 0 Å². The van der Waals surface area contributed by atoms with E-state index in [1.165, 1.54) is 42.5 Å². The Balaban J connectivity index is 0. The third-order valence-electron chi connectivity index (χ3n) is 7.11. The predicted molar refractivity (Wildman–Crippen MR) is 182 cm³/mol. The summed E-state index contributed by atoms with van der Waals surface area (Å²) in [6.07, 6.45) is 5.41. The zero-order valence-electron chi connectivity index (χ0n) is 28.7. The Bertz CT molecular complexity index is 1250. The minimum atomic E-state index is -1.13. The highest BCUT2D eigenvalue weighted by Gasteiger charge is 2.19. The molecule has 2 aromatic rings. The van der Waals surface area contributed by atoms with Gasteiger partial charge in [-0.3, -0.25) is 9.59 Å². The van der Waals surface area contributed by atoms with Gasteiger partial charge in [-0.05, 0) is 92.8 Å². The standard InChI is InChI=1S/2C8H6O4.C8H16O2.C6H10O4.C5H12O2/c9-7(10)5-1-2-6(4-3-5)8(11)12;9-7(10)5-2-1-3-6(4-5)8(11)12;9-5-7-1-2-8(6-10)4-3-7;7-5(8)3-1-2-4-6(9)10;1-5(2,3-6)4-7/h2*1-4H,(H,9,10)(H,11,12);7-10H,1-6H2;1-4H2,(H,7,8)(H,9,10);6-7H,3-4H2,1-2H3. The van der Waals surface area contributed by atoms with Crippen molar-refractivity contribution in [3.05, 3.63) is 70.8 Å². The van der Waals surface area contributed by atoms with Gasteiger partial charge in [0, 0.05) is 31.5 Å². The summed E-state index contributed by atoms with van der Waals surface area (Å²) in [5.74, 6) is -5.09. The number of carbonyl (C=O) groups is 6. The molecule has 16 heteroatoms. The zero-order valence-corrected chi connectivity index (χ0v) is 28.7. The van der Waals surface area contributed by atoms with Gasteiger partial charge in [0.05, 0.1) is 35.5 Å². The van der Waals surface area contributed by atoms with Crippen molar-refractivity contribution in [2.75, 3.05) is 26.4 Å². The number of aromatic carboxylic acids is 4. The summed E-state index contributed by atoms with van der Waals surface area (Å²) in [6.45, 7) is 4.35. The van der Waals surface area contributed by atoms with Gasteiger partial charge in [0.15, 0.2) is 0 Å². The number of aliphatic hydroxyl groups is 4. The number of hydrogen-bond acceptors (Lipinski definition) is 10. The number of rotatable bonds is 13. The second-order valence-corrected chi connectivity index (χ2v) is 12.1. The Kier molecular flexibility index (Phi) is 25.4. The Morgan fingerprint density at radius 1 is 0.529 bits per heavy atom. The largest absolute Gasteiger partial charge is 0.481 e. The second kappa shape index (κ2) is 26.9. The lowest BCUT2D eigenvalue weighted by Gasteiger charge is -2.25. The first-order valence-electron chi connectivity index (χ1n) is 15.8. The smallest absolute Gasteiger partial charge is 0.335 e. The van der Waals surface area contributed by atoms with Crippen LogP contribution in [-0.4, -0.2) is 113 Å². The highest BCUT2D eigenvalue weighted by molar-refractivity contribution is 5.93. The van der Waals surface area contributed by atoms with Crippen molar-refractivity contribution in [2.24, 2.45) is 17.3 Å². The molecule has 1 aliphatic carbocycles. The van der Waals surface area contributed by atoms with E-state index < -0.39 is 35.8 Å². The molecule has 0 atom stereocenters. The van der Waals surface area contributed by atoms with Gasteiger partial charge >= 0.3 is 35.8 Å². The van der Waals surface area contributed by atoms with E-state index >= 15 is 0 Å². The maximum Gasteiger partial charge on any atom is 0.335 e. The number of benzene rings is 2. The van der Waals surface area contributed by atoms with Crippen molar-refractivity contribution in [1.82, 2.24) is 0 Å². The van der Waals surface area contributed by atoms with Gasteiger partial charge in [0.2, 0.25) is 0 Å². The fourth-order valence-corrected chi connectivity index (χ4v) is 3.74. The van der Waals surface area contributed by atoms with E-state index in [2.05, 4.69) is 0 Å². The molecule has 0 heterocycles. The number of carboxylic acids is 6. The molecule has 16 nitrogen and oxygen atoms in total. The van der Waals surface area contributed by atoms with Crippen LogP contribution in [0.3, 0.4) is 0 Å². The van der Waals surface area contributed by atoms with Crippen LogP contribution < -0.4 is 0 Å². The molecule has 1 fully saturated rings. The summed E-state index contributed by atoms with van der Waals surface area (Å²) in [6, 6.07) is 10.2. The van der Waals surface area contributed by atoms with Crippen molar-refractivity contribution >= 4 is 35.8 Å². The van der Waals surface area contributed by atoms with Gasteiger partial charge in [0.25, 0.3) is 0 Å². The SMILES string of the molecule is CC(C)(CO)CO.O=C(O)CCCCC(=O)O.O=C(O)c1ccc(C(=O)O)cc1.O=C(O)c1cccc(C(=O)O)c1.OCC1CCC(CO)CC1. The average molecular weight is 727 g/mol. The minimum absolute atomic E-state index is 0.0186. The number of hydrogen-bond donors (Lipinski definition) is 10. The molecule has 10 N–H and O–H groups in total. The molecule has 2 aromatic carbocycles. The van der Waals surface area contributed by atoms with E-state index in [-0.39, 0.29) is 53.7 Å². The van der Waals surface area contributed by atoms with Crippen LogP contribution in [0.5, 0.6) is 0 Å². The number of aliphatic carboxylic acids is 2. The Morgan fingerprint density at radius 3 is 1.02 bits per heavy atom. The number of unbranched alkanes of at least 4 members (excludes halogenated alkanes) is 1. The van der Waals surface area contributed by atoms with Gasteiger partial charge in [-0.15, -0.1) is 0 Å². The molecule has 1 saturated carbocycles. The van der Waals surface area contributed by atoms with Crippen LogP contribution in [0, 0.1) is 17.3 Å². The third-order valence-corrected chi connectivity index (χ3v) is 7.11. The first-order chi connectivity index (χ1) is 23.8. The molecule has 0 radical (unpaired) electrons. The van der Waals surface area contributed by atoms with E-state index in [9.17, 15) is 28.8 Å². The maximum absolute atomic E-state index is 10.4. The van der Waals surface area contributed by atoms with E-state index in [0.717, 1.165) is 31.7 Å². The molecule has 0 bridgehead atoms. The first-order valence-corrected chi connectivity index (χ1v) is 15.8. The van der Waals surface area contributed by atoms with Crippen LogP contribution in [0.15, 0.2) is 48.5 Å². The van der Waals surface area contributed by atoms with Crippen molar-refractivity contribution in [3.8, 4) is 0 Å². The molecule has 0 saturated heterocycles. The van der Waals surface area contributed by atoms with E-state index in [1.807, 2.05) is 0 Å². The van der Waals surface area contributed by atoms with Gasteiger partial charge < -0.3 is 51.1 Å². The molecule has 0 aliphatic heterocycles. The minimum Gasteiger partial charge on any atom is -0.481 e. The van der Waals surface area contributed by atoms with Gasteiger partial charge in [-0.1, -0.05) is 19.9 Å². The van der Waals surface area contributed by atoms with Crippen LogP contribution in [0.4, 0.5) is 0 Å². The summed E-state index contributed by atoms with van der Waals surface area (Å²) in [5.41, 5.74) is -0.176. The van der Waals surface area contributed by atoms with E-state index in [1.54, 1.807) is 13.8 Å². The lowest BCUT2D eigenvalue weighted by Crippen LogP contribution is -2.20. The lowest BCUT2D eigenvalue weighted by molar-refractivity contribution is -0.139. The van der Waals surface area contributed by atoms with Crippen molar-refractivity contribution in [2.45, 2.75) is 65.2 Å².